The third-order valence-electron chi connectivity index (χ3n) is 2.83. The molecule has 0 aliphatic heterocycles. The van der Waals surface area contributed by atoms with Gasteiger partial charge in [0.2, 0.25) is 0 Å². The van der Waals surface area contributed by atoms with E-state index in [1.165, 1.54) is 32.1 Å². The Morgan fingerprint density at radius 1 is 0.917 bits per heavy atom. The summed E-state index contributed by atoms with van der Waals surface area (Å²) >= 11 is 0. The van der Waals surface area contributed by atoms with E-state index in [1.54, 1.807) is 0 Å². The van der Waals surface area contributed by atoms with Gasteiger partial charge in [0.1, 0.15) is 0 Å². The van der Waals surface area contributed by atoms with Crippen molar-refractivity contribution in [2.24, 2.45) is 11.3 Å². The van der Waals surface area contributed by atoms with Gasteiger partial charge in [0.15, 0.2) is 0 Å². The van der Waals surface area contributed by atoms with Crippen LogP contribution in [0.5, 0.6) is 0 Å². The van der Waals surface area contributed by atoms with E-state index in [-0.39, 0.29) is 0 Å². The Labute approximate surface area is 77.2 Å². The highest BCUT2D eigenvalue weighted by Gasteiger charge is 2.25. The summed E-state index contributed by atoms with van der Waals surface area (Å²) < 4.78 is 0. The van der Waals surface area contributed by atoms with E-state index in [0.29, 0.717) is 5.41 Å². The molecule has 1 fully saturated rings. The zero-order valence-corrected chi connectivity index (χ0v) is 9.06. The first-order valence-electron chi connectivity index (χ1n) is 5.05. The molecule has 1 rings (SSSR count). The third-order valence-corrected chi connectivity index (χ3v) is 2.83. The molecular formula is C11H24O. The summed E-state index contributed by atoms with van der Waals surface area (Å²) in [5, 5.41) is 7.00. The Bertz CT molecular complexity index is 96.1. The molecule has 0 spiro atoms. The van der Waals surface area contributed by atoms with E-state index in [0.717, 1.165) is 13.0 Å². The van der Waals surface area contributed by atoms with Gasteiger partial charge in [-0.05, 0) is 24.2 Å². The first kappa shape index (κ1) is 12.0. The lowest BCUT2D eigenvalue weighted by Gasteiger charge is -2.33. The number of hydrogen-bond acceptors (Lipinski definition) is 1. The lowest BCUT2D eigenvalue weighted by atomic mass is 9.72. The summed E-state index contributed by atoms with van der Waals surface area (Å²) in [6.07, 6.45) is 7.38. The van der Waals surface area contributed by atoms with Crippen LogP contribution in [0.4, 0.5) is 0 Å². The van der Waals surface area contributed by atoms with Gasteiger partial charge in [-0.1, -0.05) is 40.0 Å². The van der Waals surface area contributed by atoms with E-state index < -0.39 is 0 Å². The zero-order chi connectivity index (χ0) is 9.61. The molecule has 0 amide bonds. The second-order valence-corrected chi connectivity index (χ2v) is 4.70. The van der Waals surface area contributed by atoms with E-state index in [1.807, 2.05) is 0 Å². The van der Waals surface area contributed by atoms with Crippen molar-refractivity contribution in [2.45, 2.75) is 52.9 Å². The molecule has 12 heavy (non-hydrogen) atoms. The lowest BCUT2D eigenvalue weighted by Crippen LogP contribution is -2.22. The van der Waals surface area contributed by atoms with Crippen LogP contribution in [0.2, 0.25) is 0 Å². The van der Waals surface area contributed by atoms with Crippen molar-refractivity contribution < 1.29 is 5.11 Å². The minimum absolute atomic E-state index is 0.570. The topological polar surface area (TPSA) is 20.2 Å². The van der Waals surface area contributed by atoms with Gasteiger partial charge in [0.25, 0.3) is 0 Å². The molecule has 1 aliphatic rings. The van der Waals surface area contributed by atoms with E-state index in [9.17, 15) is 0 Å². The Hall–Kier alpha value is -0.0400. The van der Waals surface area contributed by atoms with E-state index in [4.69, 9.17) is 5.11 Å². The second kappa shape index (κ2) is 5.58. The van der Waals surface area contributed by atoms with Gasteiger partial charge in [-0.3, -0.25) is 0 Å². The van der Waals surface area contributed by atoms with Gasteiger partial charge in [-0.15, -0.1) is 0 Å². The zero-order valence-electron chi connectivity index (χ0n) is 9.06. The highest BCUT2D eigenvalue weighted by atomic mass is 16.2. The van der Waals surface area contributed by atoms with Gasteiger partial charge in [0.05, 0.1) is 0 Å². The summed E-state index contributed by atoms with van der Waals surface area (Å²) in [6.45, 7) is 7.13. The largest absolute Gasteiger partial charge is 0.400 e. The molecule has 0 aromatic rings. The van der Waals surface area contributed by atoms with E-state index in [2.05, 4.69) is 20.8 Å². The Morgan fingerprint density at radius 2 is 1.33 bits per heavy atom. The molecule has 74 valence electrons. The molecule has 1 saturated carbocycles. The molecule has 0 heterocycles. The molecule has 0 saturated heterocycles. The maximum absolute atomic E-state index is 7.00. The van der Waals surface area contributed by atoms with Crippen molar-refractivity contribution >= 4 is 0 Å². The summed E-state index contributed by atoms with van der Waals surface area (Å²) in [6, 6.07) is 0. The predicted octanol–water partition coefficient (Wildman–Crippen LogP) is 3.22. The minimum atomic E-state index is 0.570. The first-order valence-corrected chi connectivity index (χ1v) is 5.05. The molecule has 0 aromatic heterocycles. The number of hydrogen-bond donors (Lipinski definition) is 1. The molecule has 1 N–H and O–H groups in total. The molecule has 0 radical (unpaired) electrons. The van der Waals surface area contributed by atoms with Crippen LogP contribution in [0, 0.1) is 11.3 Å². The van der Waals surface area contributed by atoms with Crippen molar-refractivity contribution in [3.8, 4) is 0 Å². The van der Waals surface area contributed by atoms with Crippen LogP contribution in [0.25, 0.3) is 0 Å². The lowest BCUT2D eigenvalue weighted by molar-refractivity contribution is 0.180. The van der Waals surface area contributed by atoms with Crippen LogP contribution in [0.3, 0.4) is 0 Å². The molecule has 1 heteroatoms. The fourth-order valence-electron chi connectivity index (χ4n) is 1.97. The van der Waals surface area contributed by atoms with Crippen molar-refractivity contribution in [1.82, 2.24) is 0 Å². The smallest absolute Gasteiger partial charge is 0.0319 e. The molecule has 0 bridgehead atoms. The van der Waals surface area contributed by atoms with Crippen LogP contribution in [-0.4, -0.2) is 12.2 Å². The van der Waals surface area contributed by atoms with Crippen LogP contribution in [0.1, 0.15) is 52.9 Å². The maximum atomic E-state index is 7.00. The summed E-state index contributed by atoms with van der Waals surface area (Å²) in [7, 11) is 1.00. The first-order chi connectivity index (χ1) is 5.61. The summed E-state index contributed by atoms with van der Waals surface area (Å²) in [5.41, 5.74) is 0.570. The Balaban J connectivity index is 0.000000561. The quantitative estimate of drug-likeness (QED) is 0.595. The highest BCUT2D eigenvalue weighted by Crippen LogP contribution is 2.37. The predicted molar refractivity (Wildman–Crippen MR) is 54.2 cm³/mol. The SMILES string of the molecule is CC(C)(C)C1CCCCC1.CO. The summed E-state index contributed by atoms with van der Waals surface area (Å²) in [5.74, 6) is 1.00. The van der Waals surface area contributed by atoms with Crippen molar-refractivity contribution in [1.29, 1.82) is 0 Å². The second-order valence-electron chi connectivity index (χ2n) is 4.70. The van der Waals surface area contributed by atoms with Crippen LogP contribution in [-0.2, 0) is 0 Å². The van der Waals surface area contributed by atoms with Crippen molar-refractivity contribution in [2.75, 3.05) is 7.11 Å². The average molecular weight is 172 g/mol. The van der Waals surface area contributed by atoms with E-state index >= 15 is 0 Å². The maximum Gasteiger partial charge on any atom is 0.0319 e. The monoisotopic (exact) mass is 172 g/mol. The fraction of sp³-hybridized carbons (Fsp3) is 1.00. The molecule has 0 unspecified atom stereocenters. The van der Waals surface area contributed by atoms with Crippen molar-refractivity contribution in [3.63, 3.8) is 0 Å². The van der Waals surface area contributed by atoms with Crippen LogP contribution < -0.4 is 0 Å². The van der Waals surface area contributed by atoms with Crippen molar-refractivity contribution in [3.05, 3.63) is 0 Å². The molecule has 1 nitrogen and oxygen atoms in total. The number of aliphatic hydroxyl groups is 1. The number of rotatable bonds is 0. The molecule has 1 aliphatic carbocycles. The van der Waals surface area contributed by atoms with Gasteiger partial charge < -0.3 is 5.11 Å². The Kier molecular flexibility index (Phi) is 5.56. The average Bonchev–Trinajstić information content (AvgIpc) is 2.08. The van der Waals surface area contributed by atoms with Gasteiger partial charge in [-0.2, -0.15) is 0 Å². The van der Waals surface area contributed by atoms with Gasteiger partial charge in [-0.25, -0.2) is 0 Å². The highest BCUT2D eigenvalue weighted by molar-refractivity contribution is 4.76. The van der Waals surface area contributed by atoms with Crippen LogP contribution >= 0.6 is 0 Å². The third kappa shape index (κ3) is 4.10. The molecular weight excluding hydrogens is 148 g/mol. The van der Waals surface area contributed by atoms with Gasteiger partial charge >= 0.3 is 0 Å². The molecule has 0 atom stereocenters. The summed E-state index contributed by atoms with van der Waals surface area (Å²) in [4.78, 5) is 0. The van der Waals surface area contributed by atoms with Crippen LogP contribution in [0.15, 0.2) is 0 Å². The Morgan fingerprint density at radius 3 is 1.58 bits per heavy atom. The number of aliphatic hydroxyl groups excluding tert-OH is 1. The fourth-order valence-corrected chi connectivity index (χ4v) is 1.97. The van der Waals surface area contributed by atoms with Gasteiger partial charge in [0, 0.05) is 7.11 Å². The standard InChI is InChI=1S/C10H20.CH4O/c1-10(2,3)9-7-5-4-6-8-9;1-2/h9H,4-8H2,1-3H3;2H,1H3. The minimum Gasteiger partial charge on any atom is -0.400 e. The normalized spacial score (nSPS) is 19.8. The molecule has 0 aromatic carbocycles.